The molecule has 2 aromatic rings. The van der Waals surface area contributed by atoms with Gasteiger partial charge in [-0.05, 0) is 48.6 Å². The molecule has 5 heteroatoms. The highest BCUT2D eigenvalue weighted by atomic mass is 32.1. The summed E-state index contributed by atoms with van der Waals surface area (Å²) in [6, 6.07) is 5.93. The molecule has 1 saturated heterocycles. The fourth-order valence-electron chi connectivity index (χ4n) is 2.50. The van der Waals surface area contributed by atoms with Crippen molar-refractivity contribution in [2.75, 3.05) is 19.7 Å². The van der Waals surface area contributed by atoms with Gasteiger partial charge in [-0.2, -0.15) is 0 Å². The largest absolute Gasteiger partial charge is 0.370 e. The predicted octanol–water partition coefficient (Wildman–Crippen LogP) is 2.97. The summed E-state index contributed by atoms with van der Waals surface area (Å²) in [7, 11) is 0. The van der Waals surface area contributed by atoms with Crippen LogP contribution < -0.4 is 0 Å². The van der Waals surface area contributed by atoms with Crippen molar-refractivity contribution in [2.45, 2.75) is 20.0 Å². The smallest absolute Gasteiger partial charge is 0.264 e. The molecule has 0 saturated carbocycles. The summed E-state index contributed by atoms with van der Waals surface area (Å²) in [6.45, 7) is 5.79. The number of hydrogen-bond donors (Lipinski definition) is 0. The average molecular weight is 302 g/mol. The Hall–Kier alpha value is -1.72. The molecule has 0 radical (unpaired) electrons. The minimum atomic E-state index is -0.0644. The van der Waals surface area contributed by atoms with Crippen LogP contribution in [0.25, 0.3) is 0 Å². The van der Waals surface area contributed by atoms with E-state index in [2.05, 4.69) is 4.98 Å². The fraction of sp³-hybridized carbons (Fsp3) is 0.375. The quantitative estimate of drug-likeness (QED) is 0.856. The number of carbonyl (C=O) groups excluding carboxylic acids is 1. The molecule has 4 nitrogen and oxygen atoms in total. The van der Waals surface area contributed by atoms with Gasteiger partial charge in [-0.1, -0.05) is 0 Å². The van der Waals surface area contributed by atoms with E-state index in [0.29, 0.717) is 19.7 Å². The van der Waals surface area contributed by atoms with E-state index in [-0.39, 0.29) is 12.0 Å². The normalized spacial score (nSPS) is 18.8. The molecular formula is C16H18N2O2S. The SMILES string of the molecule is Cc1csc(C(=O)N2CCOC(c3ccnc(C)c3)C2)c1. The molecule has 1 fully saturated rings. The second kappa shape index (κ2) is 5.95. The standard InChI is InChI=1S/C16H18N2O2S/c1-11-7-15(21-10-11)16(19)18-5-6-20-14(9-18)13-3-4-17-12(2)8-13/h3-4,7-8,10,14H,5-6,9H2,1-2H3. The number of rotatable bonds is 2. The first kappa shape index (κ1) is 14.2. The molecule has 1 aliphatic rings. The monoisotopic (exact) mass is 302 g/mol. The van der Waals surface area contributed by atoms with Gasteiger partial charge < -0.3 is 9.64 Å². The highest BCUT2D eigenvalue weighted by Crippen LogP contribution is 2.24. The summed E-state index contributed by atoms with van der Waals surface area (Å²) in [4.78, 5) is 19.4. The number of morpholine rings is 1. The second-order valence-corrected chi connectivity index (χ2v) is 6.24. The van der Waals surface area contributed by atoms with Crippen molar-refractivity contribution in [3.05, 3.63) is 51.5 Å². The van der Waals surface area contributed by atoms with Crippen molar-refractivity contribution in [3.8, 4) is 0 Å². The van der Waals surface area contributed by atoms with E-state index in [0.717, 1.165) is 21.7 Å². The molecule has 1 atom stereocenters. The molecule has 0 N–H and O–H groups in total. The van der Waals surface area contributed by atoms with E-state index < -0.39 is 0 Å². The van der Waals surface area contributed by atoms with Gasteiger partial charge in [0.25, 0.3) is 5.91 Å². The van der Waals surface area contributed by atoms with Gasteiger partial charge >= 0.3 is 0 Å². The first-order valence-corrected chi connectivity index (χ1v) is 7.90. The van der Waals surface area contributed by atoms with Crippen LogP contribution in [0.4, 0.5) is 0 Å². The molecule has 0 bridgehead atoms. The van der Waals surface area contributed by atoms with Crippen molar-refractivity contribution in [1.29, 1.82) is 0 Å². The molecule has 1 amide bonds. The Morgan fingerprint density at radius 2 is 2.29 bits per heavy atom. The summed E-state index contributed by atoms with van der Waals surface area (Å²) in [6.07, 6.45) is 1.72. The van der Waals surface area contributed by atoms with E-state index in [1.54, 1.807) is 6.20 Å². The van der Waals surface area contributed by atoms with E-state index in [1.165, 1.54) is 11.3 Å². The summed E-state index contributed by atoms with van der Waals surface area (Å²) in [5.41, 5.74) is 3.19. The number of carbonyl (C=O) groups is 1. The molecule has 110 valence electrons. The van der Waals surface area contributed by atoms with E-state index >= 15 is 0 Å². The van der Waals surface area contributed by atoms with Crippen LogP contribution in [0.5, 0.6) is 0 Å². The van der Waals surface area contributed by atoms with Crippen molar-refractivity contribution in [3.63, 3.8) is 0 Å². The first-order valence-electron chi connectivity index (χ1n) is 7.02. The third-order valence-corrected chi connectivity index (χ3v) is 4.62. The van der Waals surface area contributed by atoms with E-state index in [1.807, 2.05) is 42.3 Å². The molecular weight excluding hydrogens is 284 g/mol. The highest BCUT2D eigenvalue weighted by molar-refractivity contribution is 7.12. The minimum Gasteiger partial charge on any atom is -0.370 e. The number of ether oxygens (including phenoxy) is 1. The number of nitrogens with zero attached hydrogens (tertiary/aromatic N) is 2. The number of hydrogen-bond acceptors (Lipinski definition) is 4. The average Bonchev–Trinajstić information content (AvgIpc) is 2.93. The molecule has 3 rings (SSSR count). The first-order chi connectivity index (χ1) is 10.1. The van der Waals surface area contributed by atoms with Crippen molar-refractivity contribution < 1.29 is 9.53 Å². The van der Waals surface area contributed by atoms with Crippen LogP contribution in [0.15, 0.2) is 29.8 Å². The zero-order valence-electron chi connectivity index (χ0n) is 12.2. The number of thiophene rings is 1. The molecule has 2 aromatic heterocycles. The lowest BCUT2D eigenvalue weighted by Crippen LogP contribution is -2.42. The minimum absolute atomic E-state index is 0.0644. The van der Waals surface area contributed by atoms with Crippen molar-refractivity contribution >= 4 is 17.2 Å². The third-order valence-electron chi connectivity index (χ3n) is 3.59. The van der Waals surface area contributed by atoms with Crippen LogP contribution in [-0.4, -0.2) is 35.5 Å². The van der Waals surface area contributed by atoms with Gasteiger partial charge in [0, 0.05) is 18.4 Å². The van der Waals surface area contributed by atoms with Gasteiger partial charge in [-0.15, -0.1) is 11.3 Å². The van der Waals surface area contributed by atoms with Crippen molar-refractivity contribution in [2.24, 2.45) is 0 Å². The molecule has 1 aliphatic heterocycles. The van der Waals surface area contributed by atoms with Gasteiger partial charge in [0.05, 0.1) is 18.0 Å². The maximum absolute atomic E-state index is 12.5. The van der Waals surface area contributed by atoms with Crippen LogP contribution in [0.1, 0.15) is 32.6 Å². The number of aryl methyl sites for hydroxylation is 2. The van der Waals surface area contributed by atoms with Crippen LogP contribution in [0.2, 0.25) is 0 Å². The Labute approximate surface area is 128 Å². The highest BCUT2D eigenvalue weighted by Gasteiger charge is 2.26. The summed E-state index contributed by atoms with van der Waals surface area (Å²) < 4.78 is 5.82. The lowest BCUT2D eigenvalue weighted by atomic mass is 10.1. The van der Waals surface area contributed by atoms with Crippen LogP contribution in [-0.2, 0) is 4.74 Å². The maximum atomic E-state index is 12.5. The topological polar surface area (TPSA) is 42.4 Å². The van der Waals surface area contributed by atoms with Gasteiger partial charge in [-0.25, -0.2) is 0 Å². The molecule has 3 heterocycles. The number of pyridine rings is 1. The van der Waals surface area contributed by atoms with Gasteiger partial charge in [0.1, 0.15) is 6.10 Å². The zero-order valence-corrected chi connectivity index (χ0v) is 13.0. The molecule has 1 unspecified atom stereocenters. The molecule has 21 heavy (non-hydrogen) atoms. The molecule has 0 spiro atoms. The van der Waals surface area contributed by atoms with Gasteiger partial charge in [0.2, 0.25) is 0 Å². The van der Waals surface area contributed by atoms with Gasteiger partial charge in [0.15, 0.2) is 0 Å². The lowest BCUT2D eigenvalue weighted by Gasteiger charge is -2.33. The summed E-state index contributed by atoms with van der Waals surface area (Å²) >= 11 is 1.51. The Balaban J connectivity index is 1.75. The Bertz CT molecular complexity index is 653. The van der Waals surface area contributed by atoms with E-state index in [4.69, 9.17) is 4.74 Å². The maximum Gasteiger partial charge on any atom is 0.264 e. The lowest BCUT2D eigenvalue weighted by molar-refractivity contribution is -0.0227. The Morgan fingerprint density at radius 3 is 3.00 bits per heavy atom. The van der Waals surface area contributed by atoms with Crippen LogP contribution >= 0.6 is 11.3 Å². The predicted molar refractivity (Wildman–Crippen MR) is 82.6 cm³/mol. The third kappa shape index (κ3) is 3.14. The van der Waals surface area contributed by atoms with E-state index in [9.17, 15) is 4.79 Å². The molecule has 0 aromatic carbocycles. The second-order valence-electron chi connectivity index (χ2n) is 5.33. The summed E-state index contributed by atoms with van der Waals surface area (Å²) in [5.74, 6) is 0.104. The fourth-order valence-corrected chi connectivity index (χ4v) is 3.37. The zero-order chi connectivity index (χ0) is 14.8. The Kier molecular flexibility index (Phi) is 4.03. The van der Waals surface area contributed by atoms with Crippen LogP contribution in [0, 0.1) is 13.8 Å². The van der Waals surface area contributed by atoms with Crippen LogP contribution in [0.3, 0.4) is 0 Å². The van der Waals surface area contributed by atoms with Gasteiger partial charge in [-0.3, -0.25) is 9.78 Å². The Morgan fingerprint density at radius 1 is 1.43 bits per heavy atom. The molecule has 0 aliphatic carbocycles. The summed E-state index contributed by atoms with van der Waals surface area (Å²) in [5, 5.41) is 2.01. The number of amides is 1. The van der Waals surface area contributed by atoms with Crippen molar-refractivity contribution in [1.82, 2.24) is 9.88 Å². The number of aromatic nitrogens is 1.